The zero-order valence-corrected chi connectivity index (χ0v) is 14.5. The molecule has 4 heteroatoms. The van der Waals surface area contributed by atoms with E-state index >= 15 is 0 Å². The summed E-state index contributed by atoms with van der Waals surface area (Å²) >= 11 is 0. The van der Waals surface area contributed by atoms with Gasteiger partial charge in [0.1, 0.15) is 0 Å². The zero-order chi connectivity index (χ0) is 16.2. The van der Waals surface area contributed by atoms with Gasteiger partial charge < -0.3 is 0 Å². The lowest BCUT2D eigenvalue weighted by Crippen LogP contribution is -2.00. The summed E-state index contributed by atoms with van der Waals surface area (Å²) in [5, 5.41) is 0. The molecule has 0 saturated heterocycles. The highest BCUT2D eigenvalue weighted by molar-refractivity contribution is 7.85. The molecule has 22 heavy (non-hydrogen) atoms. The fraction of sp³-hybridized carbons (Fsp3) is 0.667. The quantitative estimate of drug-likeness (QED) is 0.565. The first kappa shape index (κ1) is 17.5. The summed E-state index contributed by atoms with van der Waals surface area (Å²) in [5.41, 5.74) is 1.14. The number of hydrogen-bond donors (Lipinski definition) is 1. The van der Waals surface area contributed by atoms with Gasteiger partial charge in [0.15, 0.2) is 0 Å². The van der Waals surface area contributed by atoms with E-state index in [-0.39, 0.29) is 4.90 Å². The van der Waals surface area contributed by atoms with Gasteiger partial charge in [0, 0.05) is 0 Å². The minimum absolute atomic E-state index is 0.0289. The molecule has 0 bridgehead atoms. The maximum Gasteiger partial charge on any atom is 0.294 e. The average Bonchev–Trinajstić information content (AvgIpc) is 2.88. The lowest BCUT2D eigenvalue weighted by molar-refractivity contribution is 0.445. The Morgan fingerprint density at radius 1 is 1.18 bits per heavy atom. The molecule has 1 fully saturated rings. The summed E-state index contributed by atoms with van der Waals surface area (Å²) < 4.78 is 31.0. The summed E-state index contributed by atoms with van der Waals surface area (Å²) in [6.45, 7) is 4.54. The van der Waals surface area contributed by atoms with E-state index in [1.165, 1.54) is 50.7 Å². The van der Waals surface area contributed by atoms with Crippen molar-refractivity contribution in [2.45, 2.75) is 69.6 Å². The smallest absolute Gasteiger partial charge is 0.282 e. The molecule has 3 unspecified atom stereocenters. The van der Waals surface area contributed by atoms with Crippen LogP contribution in [0.5, 0.6) is 0 Å². The average molecular weight is 324 g/mol. The molecule has 0 spiro atoms. The maximum atomic E-state index is 11.0. The van der Waals surface area contributed by atoms with E-state index in [2.05, 4.69) is 13.8 Å². The Labute approximate surface area is 134 Å². The third-order valence-corrected chi connectivity index (χ3v) is 5.92. The standard InChI is InChI=1S/C18H28O3S/c1-14-7-8-16(13-14)6-4-3-5-15(2)17-9-11-18(12-10-17)22(19,20)21/h9-12,14-16H,3-8,13H2,1-2H3,(H,19,20,21). The SMILES string of the molecule is CC1CCC(CCCCC(C)c2ccc(S(=O)(=O)O)cc2)C1. The van der Waals surface area contributed by atoms with Crippen LogP contribution in [0.2, 0.25) is 0 Å². The largest absolute Gasteiger partial charge is 0.294 e. The topological polar surface area (TPSA) is 54.4 Å². The third-order valence-electron chi connectivity index (χ3n) is 5.05. The fourth-order valence-electron chi connectivity index (χ4n) is 3.61. The van der Waals surface area contributed by atoms with Crippen molar-refractivity contribution in [3.8, 4) is 0 Å². The van der Waals surface area contributed by atoms with E-state index in [1.807, 2.05) is 12.1 Å². The van der Waals surface area contributed by atoms with Crippen LogP contribution in [-0.2, 0) is 10.1 Å². The van der Waals surface area contributed by atoms with Crippen molar-refractivity contribution < 1.29 is 13.0 Å². The molecule has 1 N–H and O–H groups in total. The van der Waals surface area contributed by atoms with Gasteiger partial charge in [-0.05, 0) is 48.3 Å². The summed E-state index contributed by atoms with van der Waals surface area (Å²) in [6, 6.07) is 6.60. The Morgan fingerprint density at radius 3 is 2.41 bits per heavy atom. The molecule has 1 saturated carbocycles. The summed E-state index contributed by atoms with van der Waals surface area (Å²) in [6.07, 6.45) is 9.24. The van der Waals surface area contributed by atoms with Gasteiger partial charge in [0.25, 0.3) is 10.1 Å². The van der Waals surface area contributed by atoms with Crippen molar-refractivity contribution in [3.05, 3.63) is 29.8 Å². The molecule has 0 aliphatic heterocycles. The van der Waals surface area contributed by atoms with Gasteiger partial charge in [-0.2, -0.15) is 8.42 Å². The molecule has 0 heterocycles. The number of rotatable bonds is 7. The summed E-state index contributed by atoms with van der Waals surface area (Å²) in [4.78, 5) is -0.0289. The predicted octanol–water partition coefficient (Wildman–Crippen LogP) is 5.03. The monoisotopic (exact) mass is 324 g/mol. The minimum Gasteiger partial charge on any atom is -0.282 e. The second-order valence-corrected chi connectivity index (χ2v) is 8.44. The molecule has 1 aliphatic carbocycles. The normalized spacial score (nSPS) is 23.6. The molecular formula is C18H28O3S. The van der Waals surface area contributed by atoms with Crippen molar-refractivity contribution in [1.29, 1.82) is 0 Å². The molecule has 1 aromatic carbocycles. The van der Waals surface area contributed by atoms with Crippen LogP contribution in [0.15, 0.2) is 29.2 Å². The number of hydrogen-bond acceptors (Lipinski definition) is 2. The van der Waals surface area contributed by atoms with Crippen LogP contribution >= 0.6 is 0 Å². The molecule has 0 radical (unpaired) electrons. The van der Waals surface area contributed by atoms with Crippen LogP contribution in [0.4, 0.5) is 0 Å². The molecule has 124 valence electrons. The minimum atomic E-state index is -4.08. The van der Waals surface area contributed by atoms with Gasteiger partial charge in [0.2, 0.25) is 0 Å². The number of unbranched alkanes of at least 4 members (excludes halogenated alkanes) is 1. The number of benzene rings is 1. The van der Waals surface area contributed by atoms with Gasteiger partial charge in [-0.25, -0.2) is 0 Å². The highest BCUT2D eigenvalue weighted by Crippen LogP contribution is 2.34. The Kier molecular flexibility index (Phi) is 6.04. The highest BCUT2D eigenvalue weighted by Gasteiger charge is 2.20. The lowest BCUT2D eigenvalue weighted by Gasteiger charge is -2.13. The molecule has 1 aliphatic rings. The van der Waals surface area contributed by atoms with Crippen LogP contribution in [0.1, 0.15) is 70.3 Å². The summed E-state index contributed by atoms with van der Waals surface area (Å²) in [5.74, 6) is 2.29. The predicted molar refractivity (Wildman–Crippen MR) is 89.6 cm³/mol. The molecule has 3 nitrogen and oxygen atoms in total. The van der Waals surface area contributed by atoms with E-state index in [0.29, 0.717) is 5.92 Å². The van der Waals surface area contributed by atoms with Crippen molar-refractivity contribution >= 4 is 10.1 Å². The van der Waals surface area contributed by atoms with Crippen molar-refractivity contribution in [2.24, 2.45) is 11.8 Å². The van der Waals surface area contributed by atoms with Crippen LogP contribution in [0.3, 0.4) is 0 Å². The Balaban J connectivity index is 1.74. The maximum absolute atomic E-state index is 11.0. The highest BCUT2D eigenvalue weighted by atomic mass is 32.2. The molecular weight excluding hydrogens is 296 g/mol. The Morgan fingerprint density at radius 2 is 1.86 bits per heavy atom. The van der Waals surface area contributed by atoms with Crippen molar-refractivity contribution in [3.63, 3.8) is 0 Å². The van der Waals surface area contributed by atoms with Gasteiger partial charge in [-0.3, -0.25) is 4.55 Å². The summed E-state index contributed by atoms with van der Waals surface area (Å²) in [7, 11) is -4.08. The van der Waals surface area contributed by atoms with Crippen LogP contribution in [-0.4, -0.2) is 13.0 Å². The van der Waals surface area contributed by atoms with Crippen molar-refractivity contribution in [1.82, 2.24) is 0 Å². The van der Waals surface area contributed by atoms with Crippen LogP contribution in [0.25, 0.3) is 0 Å². The first-order valence-electron chi connectivity index (χ1n) is 8.43. The molecule has 2 rings (SSSR count). The van der Waals surface area contributed by atoms with Crippen LogP contribution in [0, 0.1) is 11.8 Å². The van der Waals surface area contributed by atoms with Crippen molar-refractivity contribution in [2.75, 3.05) is 0 Å². The Bertz CT molecular complexity index is 562. The second-order valence-electron chi connectivity index (χ2n) is 7.01. The van der Waals surface area contributed by atoms with E-state index in [9.17, 15) is 8.42 Å². The van der Waals surface area contributed by atoms with Gasteiger partial charge in [-0.15, -0.1) is 0 Å². The van der Waals surface area contributed by atoms with Crippen LogP contribution < -0.4 is 0 Å². The zero-order valence-electron chi connectivity index (χ0n) is 13.7. The van der Waals surface area contributed by atoms with E-state index in [4.69, 9.17) is 4.55 Å². The second kappa shape index (κ2) is 7.60. The Hall–Kier alpha value is -0.870. The van der Waals surface area contributed by atoms with Gasteiger partial charge >= 0.3 is 0 Å². The fourth-order valence-corrected chi connectivity index (χ4v) is 4.09. The molecule has 0 amide bonds. The first-order valence-corrected chi connectivity index (χ1v) is 9.87. The lowest BCUT2D eigenvalue weighted by atomic mass is 9.93. The third kappa shape index (κ3) is 5.10. The van der Waals surface area contributed by atoms with E-state index < -0.39 is 10.1 Å². The van der Waals surface area contributed by atoms with Gasteiger partial charge in [0.05, 0.1) is 4.90 Å². The van der Waals surface area contributed by atoms with E-state index in [0.717, 1.165) is 23.8 Å². The molecule has 3 atom stereocenters. The van der Waals surface area contributed by atoms with Gasteiger partial charge in [-0.1, -0.05) is 58.1 Å². The molecule has 1 aromatic rings. The van der Waals surface area contributed by atoms with E-state index in [1.54, 1.807) is 0 Å². The first-order chi connectivity index (χ1) is 10.4. The molecule has 0 aromatic heterocycles.